The van der Waals surface area contributed by atoms with E-state index < -0.39 is 17.8 Å². The van der Waals surface area contributed by atoms with Crippen LogP contribution in [-0.4, -0.2) is 17.6 Å². The molecular formula is C15H13ClFNO2. The molecule has 2 aromatic rings. The molecule has 0 aliphatic carbocycles. The molecule has 2 N–H and O–H groups in total. The lowest BCUT2D eigenvalue weighted by Crippen LogP contribution is -2.31. The minimum absolute atomic E-state index is 0.113. The summed E-state index contributed by atoms with van der Waals surface area (Å²) in [5.41, 5.74) is 0.595. The molecule has 0 aliphatic heterocycles. The van der Waals surface area contributed by atoms with Gasteiger partial charge in [-0.15, -0.1) is 0 Å². The third kappa shape index (κ3) is 3.15. The summed E-state index contributed by atoms with van der Waals surface area (Å²) in [5.74, 6) is -1.38. The molecule has 0 aliphatic rings. The molecule has 0 bridgehead atoms. The third-order valence-corrected chi connectivity index (χ3v) is 3.18. The smallest absolute Gasteiger partial charge is 0.254 e. The van der Waals surface area contributed by atoms with E-state index in [9.17, 15) is 14.3 Å². The zero-order valence-electron chi connectivity index (χ0n) is 10.5. The molecule has 1 amide bonds. The first-order valence-electron chi connectivity index (χ1n) is 6.04. The molecule has 0 aromatic heterocycles. The Hall–Kier alpha value is -1.91. The molecule has 20 heavy (non-hydrogen) atoms. The largest absolute Gasteiger partial charge is 0.394 e. The van der Waals surface area contributed by atoms with Crippen LogP contribution in [0.2, 0.25) is 5.02 Å². The van der Waals surface area contributed by atoms with Gasteiger partial charge in [-0.1, -0.05) is 48.0 Å². The van der Waals surface area contributed by atoms with Crippen LogP contribution < -0.4 is 5.32 Å². The lowest BCUT2D eigenvalue weighted by atomic mass is 10.1. The maximum absolute atomic E-state index is 13.8. The van der Waals surface area contributed by atoms with E-state index in [-0.39, 0.29) is 17.2 Å². The molecule has 2 aromatic carbocycles. The number of halogens is 2. The molecule has 0 unspecified atom stereocenters. The van der Waals surface area contributed by atoms with Gasteiger partial charge in [0, 0.05) is 0 Å². The number of rotatable bonds is 4. The Kier molecular flexibility index (Phi) is 4.71. The first-order valence-corrected chi connectivity index (χ1v) is 6.42. The van der Waals surface area contributed by atoms with Gasteiger partial charge >= 0.3 is 0 Å². The number of hydrogen-bond donors (Lipinski definition) is 2. The second-order valence-electron chi connectivity index (χ2n) is 4.22. The predicted molar refractivity (Wildman–Crippen MR) is 75.1 cm³/mol. The summed E-state index contributed by atoms with van der Waals surface area (Å²) in [4.78, 5) is 12.0. The summed E-state index contributed by atoms with van der Waals surface area (Å²) in [5, 5.41) is 11.8. The van der Waals surface area contributed by atoms with Crippen molar-refractivity contribution in [3.8, 4) is 0 Å². The molecule has 3 nitrogen and oxygen atoms in total. The minimum atomic E-state index is -0.767. The van der Waals surface area contributed by atoms with Crippen LogP contribution in [0.25, 0.3) is 0 Å². The van der Waals surface area contributed by atoms with E-state index in [0.717, 1.165) is 5.56 Å². The summed E-state index contributed by atoms with van der Waals surface area (Å²) >= 11 is 5.64. The average molecular weight is 294 g/mol. The summed E-state index contributed by atoms with van der Waals surface area (Å²) in [6.07, 6.45) is 0. The zero-order chi connectivity index (χ0) is 14.5. The van der Waals surface area contributed by atoms with Gasteiger partial charge in [-0.25, -0.2) is 4.39 Å². The molecule has 0 spiro atoms. The van der Waals surface area contributed by atoms with Gasteiger partial charge in [-0.2, -0.15) is 0 Å². The average Bonchev–Trinajstić information content (AvgIpc) is 2.48. The van der Waals surface area contributed by atoms with Gasteiger partial charge < -0.3 is 10.4 Å². The number of nitrogens with one attached hydrogen (secondary N) is 1. The normalized spacial score (nSPS) is 11.9. The number of aliphatic hydroxyl groups excluding tert-OH is 1. The van der Waals surface area contributed by atoms with Crippen molar-refractivity contribution in [1.29, 1.82) is 0 Å². The van der Waals surface area contributed by atoms with E-state index >= 15 is 0 Å². The van der Waals surface area contributed by atoms with Crippen LogP contribution in [0.5, 0.6) is 0 Å². The van der Waals surface area contributed by atoms with E-state index in [2.05, 4.69) is 5.32 Å². The van der Waals surface area contributed by atoms with Crippen LogP contribution in [0, 0.1) is 5.82 Å². The highest BCUT2D eigenvalue weighted by molar-refractivity contribution is 6.31. The molecule has 0 saturated heterocycles. The SMILES string of the molecule is O=C(N[C@@H](CO)c1ccccc1)c1cccc(Cl)c1F. The Bertz CT molecular complexity index is 604. The number of hydrogen-bond acceptors (Lipinski definition) is 2. The van der Waals surface area contributed by atoms with Crippen molar-refractivity contribution in [2.45, 2.75) is 6.04 Å². The predicted octanol–water partition coefficient (Wildman–Crippen LogP) is 2.94. The van der Waals surface area contributed by atoms with Crippen molar-refractivity contribution in [3.05, 3.63) is 70.5 Å². The maximum Gasteiger partial charge on any atom is 0.254 e. The van der Waals surface area contributed by atoms with Crippen LogP contribution in [0.3, 0.4) is 0 Å². The van der Waals surface area contributed by atoms with Crippen LogP contribution >= 0.6 is 11.6 Å². The highest BCUT2D eigenvalue weighted by Gasteiger charge is 2.18. The highest BCUT2D eigenvalue weighted by Crippen LogP contribution is 2.19. The second-order valence-corrected chi connectivity index (χ2v) is 4.63. The Morgan fingerprint density at radius 2 is 1.90 bits per heavy atom. The molecule has 2 rings (SSSR count). The third-order valence-electron chi connectivity index (χ3n) is 2.89. The van der Waals surface area contributed by atoms with Crippen LogP contribution in [0.15, 0.2) is 48.5 Å². The first kappa shape index (κ1) is 14.5. The van der Waals surface area contributed by atoms with Crippen LogP contribution in [0.4, 0.5) is 4.39 Å². The Balaban J connectivity index is 2.20. The molecule has 0 heterocycles. The molecule has 0 radical (unpaired) electrons. The van der Waals surface area contributed by atoms with Crippen molar-refractivity contribution in [3.63, 3.8) is 0 Å². The molecular weight excluding hydrogens is 281 g/mol. The fraction of sp³-hybridized carbons (Fsp3) is 0.133. The fourth-order valence-electron chi connectivity index (χ4n) is 1.83. The van der Waals surface area contributed by atoms with Crippen LogP contribution in [-0.2, 0) is 0 Å². The van der Waals surface area contributed by atoms with Gasteiger partial charge in [0.05, 0.1) is 23.2 Å². The summed E-state index contributed by atoms with van der Waals surface area (Å²) < 4.78 is 13.8. The Morgan fingerprint density at radius 3 is 2.55 bits per heavy atom. The van der Waals surface area contributed by atoms with Crippen molar-refractivity contribution in [2.75, 3.05) is 6.61 Å². The minimum Gasteiger partial charge on any atom is -0.394 e. The second kappa shape index (κ2) is 6.50. The van der Waals surface area contributed by atoms with Crippen molar-refractivity contribution < 1.29 is 14.3 Å². The number of carbonyl (C=O) groups is 1. The highest BCUT2D eigenvalue weighted by atomic mass is 35.5. The van der Waals surface area contributed by atoms with Gasteiger partial charge in [-0.3, -0.25) is 4.79 Å². The molecule has 0 fully saturated rings. The molecule has 0 saturated carbocycles. The van der Waals surface area contributed by atoms with Crippen LogP contribution in [0.1, 0.15) is 22.0 Å². The lowest BCUT2D eigenvalue weighted by molar-refractivity contribution is 0.0912. The molecule has 5 heteroatoms. The number of benzene rings is 2. The van der Waals surface area contributed by atoms with E-state index in [1.54, 1.807) is 24.3 Å². The fourth-order valence-corrected chi connectivity index (χ4v) is 2.01. The summed E-state index contributed by atoms with van der Waals surface area (Å²) in [7, 11) is 0. The van der Waals surface area contributed by atoms with Gasteiger partial charge in [0.25, 0.3) is 5.91 Å². The lowest BCUT2D eigenvalue weighted by Gasteiger charge is -2.17. The van der Waals surface area contributed by atoms with Crippen molar-refractivity contribution in [2.24, 2.45) is 0 Å². The van der Waals surface area contributed by atoms with Crippen molar-refractivity contribution >= 4 is 17.5 Å². The first-order chi connectivity index (χ1) is 9.63. The number of carbonyl (C=O) groups excluding carboxylic acids is 1. The molecule has 1 atom stereocenters. The number of amides is 1. The number of aliphatic hydroxyl groups is 1. The topological polar surface area (TPSA) is 49.3 Å². The summed E-state index contributed by atoms with van der Waals surface area (Å²) in [6, 6.07) is 12.6. The summed E-state index contributed by atoms with van der Waals surface area (Å²) in [6.45, 7) is -0.280. The van der Waals surface area contributed by atoms with E-state index in [1.807, 2.05) is 6.07 Å². The molecule has 104 valence electrons. The zero-order valence-corrected chi connectivity index (χ0v) is 11.3. The van der Waals surface area contributed by atoms with Gasteiger partial charge in [0.15, 0.2) is 5.82 Å². The van der Waals surface area contributed by atoms with E-state index in [4.69, 9.17) is 11.6 Å². The Labute approximate surface area is 121 Å². The Morgan fingerprint density at radius 1 is 1.20 bits per heavy atom. The van der Waals surface area contributed by atoms with Gasteiger partial charge in [0.2, 0.25) is 0 Å². The maximum atomic E-state index is 13.8. The van der Waals surface area contributed by atoms with E-state index in [1.165, 1.54) is 18.2 Å². The van der Waals surface area contributed by atoms with Gasteiger partial charge in [-0.05, 0) is 17.7 Å². The standard InChI is InChI=1S/C15H13ClFNO2/c16-12-8-4-7-11(14(12)17)15(20)18-13(9-19)10-5-2-1-3-6-10/h1-8,13,19H,9H2,(H,18,20)/t13-/m0/s1. The van der Waals surface area contributed by atoms with E-state index in [0.29, 0.717) is 0 Å². The van der Waals surface area contributed by atoms with Crippen molar-refractivity contribution in [1.82, 2.24) is 5.32 Å². The monoisotopic (exact) mass is 293 g/mol. The van der Waals surface area contributed by atoms with Gasteiger partial charge in [0.1, 0.15) is 0 Å². The quantitative estimate of drug-likeness (QED) is 0.910.